The van der Waals surface area contributed by atoms with Crippen LogP contribution in [-0.4, -0.2) is 10.1 Å². The van der Waals surface area contributed by atoms with E-state index in [1.807, 2.05) is 51.1 Å². The summed E-state index contributed by atoms with van der Waals surface area (Å²) in [5.74, 6) is 1.75. The second kappa shape index (κ2) is 6.51. The van der Waals surface area contributed by atoms with E-state index in [0.29, 0.717) is 0 Å². The maximum absolute atomic E-state index is 13.6. The molecular weight excluding hydrogens is 309 g/mol. The number of benzene rings is 2. The lowest BCUT2D eigenvalue weighted by Crippen LogP contribution is -2.21. The average Bonchev–Trinajstić information content (AvgIpc) is 2.52. The third-order valence-corrected chi connectivity index (χ3v) is 7.34. The van der Waals surface area contributed by atoms with Crippen molar-refractivity contribution < 1.29 is 9.49 Å². The Hall–Kier alpha value is -2.19. The van der Waals surface area contributed by atoms with Crippen LogP contribution in [0.2, 0.25) is 0 Å². The van der Waals surface area contributed by atoms with Gasteiger partial charge < -0.3 is 4.57 Å². The second-order valence-corrected chi connectivity index (χ2v) is 9.80. The lowest BCUT2D eigenvalue weighted by atomic mass is 10.2. The summed E-state index contributed by atoms with van der Waals surface area (Å²) in [6, 6.07) is 15.6. The Balaban J connectivity index is 2.39. The first-order chi connectivity index (χ1) is 10.7. The molecule has 0 radical (unpaired) electrons. The van der Waals surface area contributed by atoms with Gasteiger partial charge in [-0.05, 0) is 23.5 Å². The second-order valence-electron chi connectivity index (χ2n) is 6.33. The van der Waals surface area contributed by atoms with Crippen LogP contribution in [0.3, 0.4) is 0 Å². The fraction of sp³-hybridized carbons (Fsp3) is 0.222. The fourth-order valence-corrected chi connectivity index (χ4v) is 4.64. The van der Waals surface area contributed by atoms with Gasteiger partial charge in [0.15, 0.2) is 0 Å². The molecular formula is C18H20NO3P. The Labute approximate surface area is 136 Å². The van der Waals surface area contributed by atoms with Crippen molar-refractivity contribution in [1.29, 1.82) is 0 Å². The third kappa shape index (κ3) is 3.77. The summed E-state index contributed by atoms with van der Waals surface area (Å²) in [5, 5.41) is 11.1. The first-order valence-corrected chi connectivity index (χ1v) is 9.11. The van der Waals surface area contributed by atoms with Gasteiger partial charge in [-0.1, -0.05) is 57.2 Å². The smallest absolute Gasteiger partial charge is 0.269 e. The quantitative estimate of drug-likeness (QED) is 0.448. The molecule has 0 fully saturated rings. The maximum Gasteiger partial charge on any atom is 0.269 e. The van der Waals surface area contributed by atoms with Crippen molar-refractivity contribution in [2.24, 2.45) is 0 Å². The zero-order valence-electron chi connectivity index (χ0n) is 13.5. The minimum atomic E-state index is -2.77. The molecule has 1 atom stereocenters. The highest BCUT2D eigenvalue weighted by Crippen LogP contribution is 2.58. The molecule has 0 saturated heterocycles. The zero-order valence-corrected chi connectivity index (χ0v) is 14.4. The van der Waals surface area contributed by atoms with Crippen molar-refractivity contribution in [3.05, 3.63) is 76.1 Å². The van der Waals surface area contributed by atoms with Crippen molar-refractivity contribution in [3.8, 4) is 0 Å². The number of hydrogen-bond acceptors (Lipinski definition) is 3. The van der Waals surface area contributed by atoms with Gasteiger partial charge in [-0.25, -0.2) is 0 Å². The summed E-state index contributed by atoms with van der Waals surface area (Å²) in [7, 11) is -2.77. The molecule has 2 aromatic rings. The van der Waals surface area contributed by atoms with E-state index < -0.39 is 17.2 Å². The predicted molar refractivity (Wildman–Crippen MR) is 95.6 cm³/mol. The molecule has 0 bridgehead atoms. The van der Waals surface area contributed by atoms with Crippen molar-refractivity contribution in [1.82, 2.24) is 0 Å². The zero-order chi connectivity index (χ0) is 17.1. The molecule has 4 nitrogen and oxygen atoms in total. The number of hydrogen-bond donors (Lipinski definition) is 0. The third-order valence-electron chi connectivity index (χ3n) is 3.72. The van der Waals surface area contributed by atoms with Gasteiger partial charge in [0.05, 0.1) is 4.92 Å². The minimum Gasteiger partial charge on any atom is -0.314 e. The lowest BCUT2D eigenvalue weighted by molar-refractivity contribution is -0.384. The van der Waals surface area contributed by atoms with Gasteiger partial charge in [-0.3, -0.25) is 10.1 Å². The summed E-state index contributed by atoms with van der Waals surface area (Å²) >= 11 is 0. The van der Waals surface area contributed by atoms with E-state index in [2.05, 4.69) is 0 Å². The normalized spacial score (nSPS) is 14.6. The largest absolute Gasteiger partial charge is 0.314 e. The van der Waals surface area contributed by atoms with Crippen LogP contribution in [0.1, 0.15) is 26.3 Å². The molecule has 0 heterocycles. The van der Waals surface area contributed by atoms with Crippen LogP contribution in [0.25, 0.3) is 6.08 Å². The molecule has 0 aliphatic heterocycles. The molecule has 0 saturated carbocycles. The molecule has 120 valence electrons. The number of non-ortho nitro benzene ring substituents is 1. The van der Waals surface area contributed by atoms with Crippen LogP contribution in [0.15, 0.2) is 60.4 Å². The number of nitro benzene ring substituents is 1. The van der Waals surface area contributed by atoms with E-state index in [9.17, 15) is 14.7 Å². The van der Waals surface area contributed by atoms with Crippen LogP contribution >= 0.6 is 7.14 Å². The van der Waals surface area contributed by atoms with E-state index in [1.165, 1.54) is 12.1 Å². The van der Waals surface area contributed by atoms with Gasteiger partial charge in [-0.2, -0.15) is 0 Å². The summed E-state index contributed by atoms with van der Waals surface area (Å²) in [4.78, 5) is 10.3. The molecule has 0 amide bonds. The molecule has 0 aromatic heterocycles. The van der Waals surface area contributed by atoms with Gasteiger partial charge in [0.25, 0.3) is 5.69 Å². The monoisotopic (exact) mass is 329 g/mol. The van der Waals surface area contributed by atoms with E-state index in [-0.39, 0.29) is 5.69 Å². The lowest BCUT2D eigenvalue weighted by Gasteiger charge is -2.29. The Kier molecular flexibility index (Phi) is 4.86. The van der Waals surface area contributed by atoms with Crippen molar-refractivity contribution in [2.75, 3.05) is 0 Å². The van der Waals surface area contributed by atoms with Crippen molar-refractivity contribution >= 4 is 24.2 Å². The summed E-state index contributed by atoms with van der Waals surface area (Å²) in [6.07, 6.45) is 1.78. The molecule has 0 aliphatic carbocycles. The van der Waals surface area contributed by atoms with Crippen LogP contribution in [0.5, 0.6) is 0 Å². The molecule has 0 N–H and O–H groups in total. The Morgan fingerprint density at radius 2 is 1.57 bits per heavy atom. The van der Waals surface area contributed by atoms with E-state index in [0.717, 1.165) is 10.9 Å². The molecule has 0 aliphatic rings. The minimum absolute atomic E-state index is 0.0456. The van der Waals surface area contributed by atoms with Gasteiger partial charge in [0.1, 0.15) is 7.14 Å². The van der Waals surface area contributed by atoms with Gasteiger partial charge >= 0.3 is 0 Å². The van der Waals surface area contributed by atoms with Crippen LogP contribution in [-0.2, 0) is 4.57 Å². The number of rotatable bonds is 4. The van der Waals surface area contributed by atoms with Gasteiger partial charge in [0.2, 0.25) is 0 Å². The maximum atomic E-state index is 13.6. The highest BCUT2D eigenvalue weighted by atomic mass is 31.2. The number of nitrogens with zero attached hydrogens (tertiary/aromatic N) is 1. The summed E-state index contributed by atoms with van der Waals surface area (Å²) < 4.78 is 13.6. The topological polar surface area (TPSA) is 60.2 Å². The number of nitro groups is 1. The SMILES string of the molecule is CC(C)(C)[P@](=O)(/C=C/c1ccc([N+](=O)[O-])cc1)c1ccccc1. The van der Waals surface area contributed by atoms with E-state index in [1.54, 1.807) is 24.0 Å². The van der Waals surface area contributed by atoms with Crippen LogP contribution in [0, 0.1) is 10.1 Å². The molecule has 0 unspecified atom stereocenters. The van der Waals surface area contributed by atoms with Gasteiger partial charge in [-0.15, -0.1) is 0 Å². The van der Waals surface area contributed by atoms with Crippen molar-refractivity contribution in [2.45, 2.75) is 25.9 Å². The van der Waals surface area contributed by atoms with E-state index in [4.69, 9.17) is 0 Å². The molecule has 0 spiro atoms. The molecule has 2 rings (SSSR count). The van der Waals surface area contributed by atoms with Crippen LogP contribution < -0.4 is 5.30 Å². The Bertz CT molecular complexity index is 759. The Morgan fingerprint density at radius 3 is 2.04 bits per heavy atom. The Morgan fingerprint density at radius 1 is 1.00 bits per heavy atom. The van der Waals surface area contributed by atoms with Gasteiger partial charge in [0, 0.05) is 22.6 Å². The molecule has 23 heavy (non-hydrogen) atoms. The standard InChI is InChI=1S/C18H20NO3P/c1-18(2,3)23(22,17-7-5-4-6-8-17)14-13-15-9-11-16(12-10-15)19(20)21/h4-14H,1-3H3/b14-13+/t23-/m0/s1. The first-order valence-electron chi connectivity index (χ1n) is 7.33. The highest BCUT2D eigenvalue weighted by Gasteiger charge is 2.35. The van der Waals surface area contributed by atoms with Crippen LogP contribution in [0.4, 0.5) is 5.69 Å². The highest BCUT2D eigenvalue weighted by molar-refractivity contribution is 7.76. The van der Waals surface area contributed by atoms with Crippen molar-refractivity contribution in [3.63, 3.8) is 0 Å². The summed E-state index contributed by atoms with van der Waals surface area (Å²) in [6.45, 7) is 5.88. The summed E-state index contributed by atoms with van der Waals surface area (Å²) in [5.41, 5.74) is 0.834. The first kappa shape index (κ1) is 17.2. The molecule has 5 heteroatoms. The van der Waals surface area contributed by atoms with E-state index >= 15 is 0 Å². The predicted octanol–water partition coefficient (Wildman–Crippen LogP) is 5.05. The fourth-order valence-electron chi connectivity index (χ4n) is 2.24. The molecule has 2 aromatic carbocycles. The average molecular weight is 329 g/mol.